The second-order valence-electron chi connectivity index (χ2n) is 4.12. The third kappa shape index (κ3) is 2.57. The van der Waals surface area contributed by atoms with E-state index in [1.165, 1.54) is 0 Å². The van der Waals surface area contributed by atoms with Gasteiger partial charge in [0.1, 0.15) is 0 Å². The van der Waals surface area contributed by atoms with Gasteiger partial charge in [-0.1, -0.05) is 50.6 Å². The summed E-state index contributed by atoms with van der Waals surface area (Å²) >= 11 is 0. The fraction of sp³-hybridized carbons (Fsp3) is 0.538. The van der Waals surface area contributed by atoms with Gasteiger partial charge < -0.3 is 5.73 Å². The molecule has 2 unspecified atom stereocenters. The highest BCUT2D eigenvalue weighted by molar-refractivity contribution is 5.23. The maximum absolute atomic E-state index is 14.7. The van der Waals surface area contributed by atoms with Crippen LogP contribution in [0, 0.1) is 5.92 Å². The molecule has 0 aromatic heterocycles. The summed E-state index contributed by atoms with van der Waals surface area (Å²) in [6.45, 7) is 4.06. The standard InChI is InChI=1S/C13H20FN/c1-3-7-11(2)13(14,10-15)12-8-5-4-6-9-12/h4-6,8-9,11H,3,7,10,15H2,1-2H3. The number of rotatable bonds is 5. The zero-order valence-electron chi connectivity index (χ0n) is 9.54. The minimum atomic E-state index is -1.38. The van der Waals surface area contributed by atoms with E-state index in [2.05, 4.69) is 6.92 Å². The van der Waals surface area contributed by atoms with Crippen molar-refractivity contribution in [1.29, 1.82) is 0 Å². The predicted octanol–water partition coefficient (Wildman–Crippen LogP) is 3.25. The quantitative estimate of drug-likeness (QED) is 0.791. The first-order valence-corrected chi connectivity index (χ1v) is 5.59. The maximum Gasteiger partial charge on any atom is 0.150 e. The molecular weight excluding hydrogens is 189 g/mol. The highest BCUT2D eigenvalue weighted by Gasteiger charge is 2.35. The number of hydrogen-bond acceptors (Lipinski definition) is 1. The van der Waals surface area contributed by atoms with Crippen molar-refractivity contribution in [2.24, 2.45) is 11.7 Å². The molecule has 0 spiro atoms. The summed E-state index contributed by atoms with van der Waals surface area (Å²) < 4.78 is 14.7. The van der Waals surface area contributed by atoms with E-state index >= 15 is 0 Å². The van der Waals surface area contributed by atoms with Gasteiger partial charge in [-0.15, -0.1) is 0 Å². The molecule has 0 saturated carbocycles. The van der Waals surface area contributed by atoms with E-state index < -0.39 is 5.67 Å². The first-order valence-electron chi connectivity index (χ1n) is 5.59. The molecule has 2 N–H and O–H groups in total. The van der Waals surface area contributed by atoms with Crippen molar-refractivity contribution in [3.8, 4) is 0 Å². The highest BCUT2D eigenvalue weighted by Crippen LogP contribution is 2.35. The van der Waals surface area contributed by atoms with Gasteiger partial charge in [0.2, 0.25) is 0 Å². The Morgan fingerprint density at radius 2 is 1.93 bits per heavy atom. The Hall–Kier alpha value is -0.890. The van der Waals surface area contributed by atoms with Gasteiger partial charge in [-0.05, 0) is 17.9 Å². The molecule has 1 rings (SSSR count). The monoisotopic (exact) mass is 209 g/mol. The fourth-order valence-electron chi connectivity index (χ4n) is 1.98. The van der Waals surface area contributed by atoms with Gasteiger partial charge in [-0.2, -0.15) is 0 Å². The number of hydrogen-bond donors (Lipinski definition) is 1. The third-order valence-corrected chi connectivity index (χ3v) is 3.05. The zero-order valence-corrected chi connectivity index (χ0v) is 9.54. The van der Waals surface area contributed by atoms with Gasteiger partial charge in [0.15, 0.2) is 5.67 Å². The lowest BCUT2D eigenvalue weighted by molar-refractivity contribution is 0.0920. The number of halogens is 1. The van der Waals surface area contributed by atoms with Gasteiger partial charge in [-0.3, -0.25) is 0 Å². The van der Waals surface area contributed by atoms with E-state index in [4.69, 9.17) is 5.73 Å². The highest BCUT2D eigenvalue weighted by atomic mass is 19.1. The molecule has 0 aliphatic rings. The van der Waals surface area contributed by atoms with Crippen LogP contribution in [0.1, 0.15) is 32.3 Å². The Morgan fingerprint density at radius 1 is 1.33 bits per heavy atom. The van der Waals surface area contributed by atoms with Crippen LogP contribution in [-0.2, 0) is 5.67 Å². The summed E-state index contributed by atoms with van der Waals surface area (Å²) in [5.74, 6) is -0.0325. The molecule has 2 atom stereocenters. The Morgan fingerprint density at radius 3 is 2.40 bits per heavy atom. The lowest BCUT2D eigenvalue weighted by Gasteiger charge is -2.30. The average Bonchev–Trinajstić information content (AvgIpc) is 2.29. The smallest absolute Gasteiger partial charge is 0.150 e. The second kappa shape index (κ2) is 5.26. The molecule has 84 valence electrons. The molecule has 0 aliphatic heterocycles. The maximum atomic E-state index is 14.7. The number of nitrogens with two attached hydrogens (primary N) is 1. The van der Waals surface area contributed by atoms with Gasteiger partial charge in [0, 0.05) is 6.54 Å². The van der Waals surface area contributed by atoms with Gasteiger partial charge in [0.25, 0.3) is 0 Å². The molecule has 0 saturated heterocycles. The number of benzene rings is 1. The third-order valence-electron chi connectivity index (χ3n) is 3.05. The summed E-state index contributed by atoms with van der Waals surface area (Å²) in [6.07, 6.45) is 1.85. The van der Waals surface area contributed by atoms with Crippen molar-refractivity contribution in [3.05, 3.63) is 35.9 Å². The molecule has 1 aromatic rings. The van der Waals surface area contributed by atoms with Crippen molar-refractivity contribution >= 4 is 0 Å². The van der Waals surface area contributed by atoms with Crippen molar-refractivity contribution in [2.75, 3.05) is 6.54 Å². The fourth-order valence-corrected chi connectivity index (χ4v) is 1.98. The SMILES string of the molecule is CCCC(C)C(F)(CN)c1ccccc1. The van der Waals surface area contributed by atoms with Crippen LogP contribution in [0.5, 0.6) is 0 Å². The summed E-state index contributed by atoms with van der Waals surface area (Å²) in [5, 5.41) is 0. The summed E-state index contributed by atoms with van der Waals surface area (Å²) in [4.78, 5) is 0. The summed E-state index contributed by atoms with van der Waals surface area (Å²) in [7, 11) is 0. The minimum absolute atomic E-state index is 0.0325. The Kier molecular flexibility index (Phi) is 4.28. The molecule has 1 nitrogen and oxygen atoms in total. The molecule has 2 heteroatoms. The Balaban J connectivity index is 2.94. The summed E-state index contributed by atoms with van der Waals surface area (Å²) in [5.41, 5.74) is 4.92. The molecule has 1 aromatic carbocycles. The average molecular weight is 209 g/mol. The molecule has 0 aliphatic carbocycles. The van der Waals surface area contributed by atoms with E-state index in [0.29, 0.717) is 5.56 Å². The molecule has 0 fully saturated rings. The van der Waals surface area contributed by atoms with Crippen molar-refractivity contribution in [1.82, 2.24) is 0 Å². The van der Waals surface area contributed by atoms with Crippen LogP contribution >= 0.6 is 0 Å². The lowest BCUT2D eigenvalue weighted by atomic mass is 9.81. The number of alkyl halides is 1. The largest absolute Gasteiger partial charge is 0.327 e. The Labute approximate surface area is 91.5 Å². The van der Waals surface area contributed by atoms with E-state index in [9.17, 15) is 4.39 Å². The van der Waals surface area contributed by atoms with Crippen LogP contribution in [0.4, 0.5) is 4.39 Å². The molecule has 0 bridgehead atoms. The first kappa shape index (κ1) is 12.2. The van der Waals surface area contributed by atoms with Crippen LogP contribution in [0.3, 0.4) is 0 Å². The first-order chi connectivity index (χ1) is 7.15. The van der Waals surface area contributed by atoms with Crippen LogP contribution in [0.25, 0.3) is 0 Å². The molecule has 0 heterocycles. The van der Waals surface area contributed by atoms with E-state index in [0.717, 1.165) is 12.8 Å². The van der Waals surface area contributed by atoms with Crippen LogP contribution < -0.4 is 5.73 Å². The van der Waals surface area contributed by atoms with E-state index in [1.807, 2.05) is 37.3 Å². The predicted molar refractivity (Wildman–Crippen MR) is 62.4 cm³/mol. The topological polar surface area (TPSA) is 26.0 Å². The minimum Gasteiger partial charge on any atom is -0.327 e. The van der Waals surface area contributed by atoms with Crippen LogP contribution in [-0.4, -0.2) is 6.54 Å². The zero-order chi connectivity index (χ0) is 11.3. The van der Waals surface area contributed by atoms with Crippen molar-refractivity contribution < 1.29 is 4.39 Å². The lowest BCUT2D eigenvalue weighted by Crippen LogP contribution is -2.36. The van der Waals surface area contributed by atoms with Crippen molar-refractivity contribution in [2.45, 2.75) is 32.4 Å². The van der Waals surface area contributed by atoms with Gasteiger partial charge in [0.05, 0.1) is 0 Å². The molecule has 0 amide bonds. The van der Waals surface area contributed by atoms with Crippen LogP contribution in [0.15, 0.2) is 30.3 Å². The van der Waals surface area contributed by atoms with Gasteiger partial charge in [-0.25, -0.2) is 4.39 Å². The van der Waals surface area contributed by atoms with Gasteiger partial charge >= 0.3 is 0 Å². The van der Waals surface area contributed by atoms with E-state index in [-0.39, 0.29) is 12.5 Å². The summed E-state index contributed by atoms with van der Waals surface area (Å²) in [6, 6.07) is 9.25. The second-order valence-corrected chi connectivity index (χ2v) is 4.12. The molecule has 15 heavy (non-hydrogen) atoms. The van der Waals surface area contributed by atoms with E-state index in [1.54, 1.807) is 0 Å². The van der Waals surface area contributed by atoms with Crippen molar-refractivity contribution in [3.63, 3.8) is 0 Å². The normalized spacial score (nSPS) is 17.1. The molecule has 0 radical (unpaired) electrons. The van der Waals surface area contributed by atoms with Crippen LogP contribution in [0.2, 0.25) is 0 Å². The Bertz CT molecular complexity index is 286. The molecular formula is C13H20FN.